The second kappa shape index (κ2) is 8.79. The van der Waals surface area contributed by atoms with Crippen LogP contribution in [0.4, 0.5) is 11.4 Å². The fourth-order valence-electron chi connectivity index (χ4n) is 3.20. The molecule has 2 N–H and O–H groups in total. The van der Waals surface area contributed by atoms with E-state index < -0.39 is 14.9 Å². The van der Waals surface area contributed by atoms with Gasteiger partial charge in [0.1, 0.15) is 5.69 Å². The summed E-state index contributed by atoms with van der Waals surface area (Å²) < 4.78 is 26.9. The van der Waals surface area contributed by atoms with E-state index in [1.54, 1.807) is 13.8 Å². The van der Waals surface area contributed by atoms with Crippen molar-refractivity contribution in [3.63, 3.8) is 0 Å². The van der Waals surface area contributed by atoms with Gasteiger partial charge in [-0.25, -0.2) is 13.1 Å². The van der Waals surface area contributed by atoms with Crippen LogP contribution in [0.5, 0.6) is 0 Å². The summed E-state index contributed by atoms with van der Waals surface area (Å²) in [5.41, 5.74) is 0.104. The molecule has 0 aromatic heterocycles. The molecule has 2 rings (SSSR count). The van der Waals surface area contributed by atoms with Crippen molar-refractivity contribution in [1.29, 1.82) is 0 Å². The van der Waals surface area contributed by atoms with Crippen LogP contribution in [0.25, 0.3) is 0 Å². The Balaban J connectivity index is 2.07. The standard InChI is InChI=1S/C17H28N4O4S/c1-13(2)19-26(24,25)15-6-7-16(17(11-15)21(22)23)18-8-10-20-9-4-5-14(3)12-20/h6-7,11,13-14,18-19H,4-5,8-10,12H2,1-3H3/t14-/m0/s1. The van der Waals surface area contributed by atoms with Gasteiger partial charge in [-0.05, 0) is 51.3 Å². The van der Waals surface area contributed by atoms with Crippen LogP contribution in [-0.2, 0) is 10.0 Å². The van der Waals surface area contributed by atoms with E-state index in [0.29, 0.717) is 18.2 Å². The van der Waals surface area contributed by atoms with Crippen molar-refractivity contribution in [3.8, 4) is 0 Å². The van der Waals surface area contributed by atoms with E-state index >= 15 is 0 Å². The molecular weight excluding hydrogens is 356 g/mol. The van der Waals surface area contributed by atoms with Crippen LogP contribution in [0.3, 0.4) is 0 Å². The second-order valence-corrected chi connectivity index (χ2v) is 8.90. The zero-order valence-corrected chi connectivity index (χ0v) is 16.4. The van der Waals surface area contributed by atoms with E-state index in [-0.39, 0.29) is 16.6 Å². The Hall–Kier alpha value is -1.71. The van der Waals surface area contributed by atoms with Crippen molar-refractivity contribution in [1.82, 2.24) is 9.62 Å². The quantitative estimate of drug-likeness (QED) is 0.527. The van der Waals surface area contributed by atoms with Gasteiger partial charge in [0.25, 0.3) is 5.69 Å². The number of nitrogens with zero attached hydrogens (tertiary/aromatic N) is 2. The van der Waals surface area contributed by atoms with E-state index in [4.69, 9.17) is 0 Å². The molecule has 1 aliphatic heterocycles. The number of nitro groups is 1. The fourth-order valence-corrected chi connectivity index (χ4v) is 4.47. The molecule has 1 aromatic carbocycles. The number of nitrogens with one attached hydrogen (secondary N) is 2. The van der Waals surface area contributed by atoms with Crippen molar-refractivity contribution >= 4 is 21.4 Å². The van der Waals surface area contributed by atoms with Gasteiger partial charge in [-0.15, -0.1) is 0 Å². The summed E-state index contributed by atoms with van der Waals surface area (Å²) in [6, 6.07) is 3.68. The van der Waals surface area contributed by atoms with E-state index in [1.165, 1.54) is 25.0 Å². The Bertz CT molecular complexity index is 736. The molecule has 9 heteroatoms. The van der Waals surface area contributed by atoms with Crippen molar-refractivity contribution in [3.05, 3.63) is 28.3 Å². The molecule has 8 nitrogen and oxygen atoms in total. The fraction of sp³-hybridized carbons (Fsp3) is 0.647. The Morgan fingerprint density at radius 1 is 1.38 bits per heavy atom. The smallest absolute Gasteiger partial charge is 0.293 e. The molecule has 0 bridgehead atoms. The van der Waals surface area contributed by atoms with Crippen LogP contribution in [-0.4, -0.2) is 50.5 Å². The lowest BCUT2D eigenvalue weighted by atomic mass is 10.0. The number of nitro benzene ring substituents is 1. The molecule has 1 aliphatic rings. The third-order valence-electron chi connectivity index (χ3n) is 4.35. The SMILES string of the molecule is CC(C)NS(=O)(=O)c1ccc(NCCN2CCC[C@H](C)C2)c([N+](=O)[O-])c1. The van der Waals surface area contributed by atoms with Crippen molar-refractivity contribution in [2.24, 2.45) is 5.92 Å². The maximum Gasteiger partial charge on any atom is 0.293 e. The average molecular weight is 385 g/mol. The molecule has 1 heterocycles. The van der Waals surface area contributed by atoms with Gasteiger partial charge in [-0.3, -0.25) is 10.1 Å². The highest BCUT2D eigenvalue weighted by atomic mass is 32.2. The molecule has 0 saturated carbocycles. The minimum atomic E-state index is -3.77. The molecule has 0 spiro atoms. The van der Waals surface area contributed by atoms with Gasteiger partial charge >= 0.3 is 0 Å². The van der Waals surface area contributed by atoms with E-state index in [9.17, 15) is 18.5 Å². The van der Waals surface area contributed by atoms with Crippen LogP contribution < -0.4 is 10.0 Å². The number of likely N-dealkylation sites (tertiary alicyclic amines) is 1. The van der Waals surface area contributed by atoms with Gasteiger partial charge in [-0.2, -0.15) is 0 Å². The Morgan fingerprint density at radius 2 is 2.12 bits per heavy atom. The first-order valence-corrected chi connectivity index (χ1v) is 10.4. The van der Waals surface area contributed by atoms with Gasteiger partial charge in [0.2, 0.25) is 10.0 Å². The molecule has 1 fully saturated rings. The molecule has 0 amide bonds. The zero-order valence-electron chi connectivity index (χ0n) is 15.6. The van der Waals surface area contributed by atoms with E-state index in [2.05, 4.69) is 21.9 Å². The van der Waals surface area contributed by atoms with Gasteiger partial charge in [-0.1, -0.05) is 6.92 Å². The van der Waals surface area contributed by atoms with Crippen LogP contribution in [0, 0.1) is 16.0 Å². The number of benzene rings is 1. The predicted molar refractivity (Wildman–Crippen MR) is 102 cm³/mol. The van der Waals surface area contributed by atoms with Gasteiger partial charge in [0.05, 0.1) is 9.82 Å². The monoisotopic (exact) mass is 384 g/mol. The lowest BCUT2D eigenvalue weighted by molar-refractivity contribution is -0.384. The van der Waals surface area contributed by atoms with Crippen LogP contribution in [0.15, 0.2) is 23.1 Å². The summed E-state index contributed by atoms with van der Waals surface area (Å²) >= 11 is 0. The summed E-state index contributed by atoms with van der Waals surface area (Å²) in [6.07, 6.45) is 2.42. The minimum Gasteiger partial charge on any atom is -0.378 e. The molecule has 146 valence electrons. The highest BCUT2D eigenvalue weighted by Gasteiger charge is 2.22. The first-order chi connectivity index (χ1) is 12.2. The lowest BCUT2D eigenvalue weighted by Crippen LogP contribution is -2.37. The first kappa shape index (κ1) is 20.6. The Labute approximate surface area is 155 Å². The second-order valence-electron chi connectivity index (χ2n) is 7.19. The van der Waals surface area contributed by atoms with Crippen molar-refractivity contribution in [2.45, 2.75) is 44.6 Å². The van der Waals surface area contributed by atoms with Crippen LogP contribution in [0.1, 0.15) is 33.6 Å². The first-order valence-electron chi connectivity index (χ1n) is 8.96. The highest BCUT2D eigenvalue weighted by molar-refractivity contribution is 7.89. The molecular formula is C17H28N4O4S. The number of hydrogen-bond acceptors (Lipinski definition) is 6. The maximum absolute atomic E-state index is 12.2. The third-order valence-corrected chi connectivity index (χ3v) is 6.01. The summed E-state index contributed by atoms with van der Waals surface area (Å²) in [5.74, 6) is 0.677. The molecule has 1 saturated heterocycles. The highest BCUT2D eigenvalue weighted by Crippen LogP contribution is 2.27. The summed E-state index contributed by atoms with van der Waals surface area (Å²) in [4.78, 5) is 13.1. The van der Waals surface area contributed by atoms with Gasteiger partial charge in [0.15, 0.2) is 0 Å². The van der Waals surface area contributed by atoms with Crippen LogP contribution >= 0.6 is 0 Å². The number of sulfonamides is 1. The maximum atomic E-state index is 12.2. The zero-order chi connectivity index (χ0) is 19.3. The summed E-state index contributed by atoms with van der Waals surface area (Å²) in [7, 11) is -3.77. The van der Waals surface area contributed by atoms with Crippen LogP contribution in [0.2, 0.25) is 0 Å². The van der Waals surface area contributed by atoms with E-state index in [0.717, 1.165) is 25.7 Å². The van der Waals surface area contributed by atoms with Crippen molar-refractivity contribution < 1.29 is 13.3 Å². The third kappa shape index (κ3) is 5.65. The normalized spacial score (nSPS) is 18.8. The molecule has 0 unspecified atom stereocenters. The number of anilines is 1. The molecule has 1 atom stereocenters. The molecule has 0 aliphatic carbocycles. The summed E-state index contributed by atoms with van der Waals surface area (Å²) in [5, 5.41) is 14.4. The topological polar surface area (TPSA) is 105 Å². The average Bonchev–Trinajstić information content (AvgIpc) is 2.53. The minimum absolute atomic E-state index is 0.103. The molecule has 1 aromatic rings. The Morgan fingerprint density at radius 3 is 2.73 bits per heavy atom. The molecule has 0 radical (unpaired) electrons. The number of hydrogen-bond donors (Lipinski definition) is 2. The predicted octanol–water partition coefficient (Wildman–Crippen LogP) is 2.43. The number of rotatable bonds is 8. The summed E-state index contributed by atoms with van der Waals surface area (Å²) in [6.45, 7) is 9.09. The lowest BCUT2D eigenvalue weighted by Gasteiger charge is -2.30. The van der Waals surface area contributed by atoms with Crippen molar-refractivity contribution in [2.75, 3.05) is 31.5 Å². The largest absolute Gasteiger partial charge is 0.378 e. The number of piperidine rings is 1. The van der Waals surface area contributed by atoms with E-state index in [1.807, 2.05) is 0 Å². The molecule has 26 heavy (non-hydrogen) atoms. The Kier molecular flexibility index (Phi) is 6.96. The van der Waals surface area contributed by atoms with Gasteiger partial charge in [0, 0.05) is 31.7 Å². The van der Waals surface area contributed by atoms with Gasteiger partial charge < -0.3 is 10.2 Å².